The van der Waals surface area contributed by atoms with Gasteiger partial charge in [0.25, 0.3) is 0 Å². The summed E-state index contributed by atoms with van der Waals surface area (Å²) >= 11 is 0. The molecule has 120 valence electrons. The van der Waals surface area contributed by atoms with E-state index in [0.717, 1.165) is 25.7 Å². The molecule has 5 nitrogen and oxygen atoms in total. The maximum Gasteiger partial charge on any atom is 0.220 e. The van der Waals surface area contributed by atoms with Crippen LogP contribution in [0.3, 0.4) is 0 Å². The van der Waals surface area contributed by atoms with Crippen molar-refractivity contribution in [1.29, 1.82) is 0 Å². The summed E-state index contributed by atoms with van der Waals surface area (Å²) in [7, 11) is 0. The Balaban J connectivity index is 3.89. The Kier molecular flexibility index (Phi) is 12.9. The van der Waals surface area contributed by atoms with Gasteiger partial charge in [0.2, 0.25) is 5.91 Å². The lowest BCUT2D eigenvalue weighted by Gasteiger charge is -2.18. The van der Waals surface area contributed by atoms with E-state index in [9.17, 15) is 4.79 Å². The molecule has 1 atom stereocenters. The molecule has 0 heterocycles. The number of carbonyl (C=O) groups is 1. The van der Waals surface area contributed by atoms with E-state index in [-0.39, 0.29) is 12.2 Å². The van der Waals surface area contributed by atoms with Crippen molar-refractivity contribution in [1.82, 2.24) is 5.32 Å². The van der Waals surface area contributed by atoms with Crippen LogP contribution in [0.15, 0.2) is 0 Å². The fourth-order valence-electron chi connectivity index (χ4n) is 2.24. The third-order valence-electron chi connectivity index (χ3n) is 3.22. The molecular weight excluding hydrogens is 256 g/mol. The van der Waals surface area contributed by atoms with Gasteiger partial charge in [0.15, 0.2) is 6.29 Å². The maximum absolute atomic E-state index is 11.8. The summed E-state index contributed by atoms with van der Waals surface area (Å²) in [6.07, 6.45) is 4.40. The van der Waals surface area contributed by atoms with Crippen LogP contribution in [0.2, 0.25) is 0 Å². The van der Waals surface area contributed by atoms with Crippen LogP contribution in [0.1, 0.15) is 52.9 Å². The molecular formula is C15H32N2O3. The van der Waals surface area contributed by atoms with E-state index < -0.39 is 0 Å². The lowest BCUT2D eigenvalue weighted by molar-refractivity contribution is -0.140. The molecule has 1 unspecified atom stereocenters. The molecule has 5 heteroatoms. The molecule has 0 aromatic carbocycles. The van der Waals surface area contributed by atoms with Crippen molar-refractivity contribution >= 4 is 5.91 Å². The second-order valence-electron chi connectivity index (χ2n) is 4.92. The predicted molar refractivity (Wildman–Crippen MR) is 81.4 cm³/mol. The number of rotatable bonds is 13. The second-order valence-corrected chi connectivity index (χ2v) is 4.92. The van der Waals surface area contributed by atoms with E-state index in [2.05, 4.69) is 12.2 Å². The molecule has 0 fully saturated rings. The monoisotopic (exact) mass is 288 g/mol. The van der Waals surface area contributed by atoms with Crippen molar-refractivity contribution in [2.75, 3.05) is 26.3 Å². The SMILES string of the molecule is CCCC(CCN)CCC(=O)NCC(OCC)OCC. The highest BCUT2D eigenvalue weighted by Crippen LogP contribution is 2.16. The molecule has 3 N–H and O–H groups in total. The summed E-state index contributed by atoms with van der Waals surface area (Å²) in [5, 5.41) is 2.87. The number of hydrogen-bond donors (Lipinski definition) is 2. The molecule has 0 bridgehead atoms. The predicted octanol–water partition coefficient (Wildman–Crippen LogP) is 2.05. The average Bonchev–Trinajstić information content (AvgIpc) is 2.43. The molecule has 0 saturated heterocycles. The van der Waals surface area contributed by atoms with Crippen LogP contribution >= 0.6 is 0 Å². The molecule has 0 aliphatic rings. The number of hydrogen-bond acceptors (Lipinski definition) is 4. The van der Waals surface area contributed by atoms with Gasteiger partial charge in [0.1, 0.15) is 0 Å². The Bertz CT molecular complexity index is 203. The van der Waals surface area contributed by atoms with Crippen LogP contribution < -0.4 is 11.1 Å². The third-order valence-corrected chi connectivity index (χ3v) is 3.22. The highest BCUT2D eigenvalue weighted by molar-refractivity contribution is 5.75. The number of nitrogens with one attached hydrogen (secondary N) is 1. The van der Waals surface area contributed by atoms with Crippen molar-refractivity contribution in [3.8, 4) is 0 Å². The van der Waals surface area contributed by atoms with E-state index in [4.69, 9.17) is 15.2 Å². The van der Waals surface area contributed by atoms with E-state index in [0.29, 0.717) is 38.6 Å². The van der Waals surface area contributed by atoms with Crippen molar-refractivity contribution < 1.29 is 14.3 Å². The lowest BCUT2D eigenvalue weighted by Crippen LogP contribution is -2.35. The minimum Gasteiger partial charge on any atom is -0.351 e. The van der Waals surface area contributed by atoms with Crippen LogP contribution in [0.5, 0.6) is 0 Å². The van der Waals surface area contributed by atoms with Crippen LogP contribution in [0, 0.1) is 5.92 Å². The van der Waals surface area contributed by atoms with Crippen molar-refractivity contribution in [2.24, 2.45) is 11.7 Å². The van der Waals surface area contributed by atoms with Crippen LogP contribution in [-0.2, 0) is 14.3 Å². The van der Waals surface area contributed by atoms with Crippen LogP contribution in [0.25, 0.3) is 0 Å². The first-order valence-electron chi connectivity index (χ1n) is 7.87. The largest absolute Gasteiger partial charge is 0.351 e. The first-order chi connectivity index (χ1) is 9.67. The number of ether oxygens (including phenoxy) is 2. The minimum absolute atomic E-state index is 0.0625. The maximum atomic E-state index is 11.8. The van der Waals surface area contributed by atoms with Crippen molar-refractivity contribution in [3.05, 3.63) is 0 Å². The van der Waals surface area contributed by atoms with E-state index in [1.54, 1.807) is 0 Å². The quantitative estimate of drug-likeness (QED) is 0.509. The summed E-state index contributed by atoms with van der Waals surface area (Å²) in [4.78, 5) is 11.8. The molecule has 0 radical (unpaired) electrons. The Labute approximate surface area is 123 Å². The number of carbonyl (C=O) groups excluding carboxylic acids is 1. The van der Waals surface area contributed by atoms with Gasteiger partial charge in [-0.25, -0.2) is 0 Å². The van der Waals surface area contributed by atoms with Gasteiger partial charge in [-0.2, -0.15) is 0 Å². The first-order valence-corrected chi connectivity index (χ1v) is 7.87. The molecule has 0 saturated carbocycles. The summed E-state index contributed by atoms with van der Waals surface area (Å²) in [6, 6.07) is 0. The zero-order chi connectivity index (χ0) is 15.2. The standard InChI is InChI=1S/C15H32N2O3/c1-4-7-13(10-11-16)8-9-14(18)17-12-15(19-5-2)20-6-3/h13,15H,4-12,16H2,1-3H3,(H,17,18). The highest BCUT2D eigenvalue weighted by Gasteiger charge is 2.12. The summed E-state index contributed by atoms with van der Waals surface area (Å²) in [5.74, 6) is 0.623. The van der Waals surface area contributed by atoms with Gasteiger partial charge in [0.05, 0.1) is 6.54 Å². The Morgan fingerprint density at radius 3 is 2.25 bits per heavy atom. The molecule has 0 spiro atoms. The summed E-state index contributed by atoms with van der Waals surface area (Å²) in [6.45, 7) is 8.26. The van der Waals surface area contributed by atoms with Gasteiger partial charge in [-0.3, -0.25) is 4.79 Å². The van der Waals surface area contributed by atoms with Crippen molar-refractivity contribution in [2.45, 2.75) is 59.2 Å². The molecule has 0 aromatic rings. The number of nitrogens with two attached hydrogens (primary N) is 1. The fraction of sp³-hybridized carbons (Fsp3) is 0.933. The molecule has 0 rings (SSSR count). The van der Waals surface area contributed by atoms with Gasteiger partial charge in [-0.05, 0) is 39.2 Å². The molecule has 0 aliphatic carbocycles. The minimum atomic E-state index is -0.343. The highest BCUT2D eigenvalue weighted by atomic mass is 16.7. The summed E-state index contributed by atoms with van der Waals surface area (Å²) in [5.41, 5.74) is 5.60. The van der Waals surface area contributed by atoms with Gasteiger partial charge in [0, 0.05) is 19.6 Å². The molecule has 20 heavy (non-hydrogen) atoms. The third kappa shape index (κ3) is 10.2. The van der Waals surface area contributed by atoms with Gasteiger partial charge >= 0.3 is 0 Å². The first kappa shape index (κ1) is 19.4. The van der Waals surface area contributed by atoms with E-state index in [1.165, 1.54) is 0 Å². The molecule has 0 aliphatic heterocycles. The summed E-state index contributed by atoms with van der Waals surface area (Å²) < 4.78 is 10.8. The lowest BCUT2D eigenvalue weighted by atomic mass is 9.94. The normalized spacial score (nSPS) is 12.7. The Morgan fingerprint density at radius 1 is 1.10 bits per heavy atom. The molecule has 0 aromatic heterocycles. The average molecular weight is 288 g/mol. The van der Waals surface area contributed by atoms with E-state index in [1.807, 2.05) is 13.8 Å². The smallest absolute Gasteiger partial charge is 0.220 e. The van der Waals surface area contributed by atoms with Gasteiger partial charge in [-0.1, -0.05) is 19.8 Å². The zero-order valence-corrected chi connectivity index (χ0v) is 13.3. The Morgan fingerprint density at radius 2 is 1.75 bits per heavy atom. The van der Waals surface area contributed by atoms with Gasteiger partial charge in [-0.15, -0.1) is 0 Å². The molecule has 1 amide bonds. The number of amides is 1. The van der Waals surface area contributed by atoms with Crippen LogP contribution in [-0.4, -0.2) is 38.5 Å². The Hall–Kier alpha value is -0.650. The second kappa shape index (κ2) is 13.3. The topological polar surface area (TPSA) is 73.6 Å². The fourth-order valence-corrected chi connectivity index (χ4v) is 2.24. The van der Waals surface area contributed by atoms with Crippen molar-refractivity contribution in [3.63, 3.8) is 0 Å². The van der Waals surface area contributed by atoms with Crippen LogP contribution in [0.4, 0.5) is 0 Å². The zero-order valence-electron chi connectivity index (χ0n) is 13.3. The van der Waals surface area contributed by atoms with E-state index >= 15 is 0 Å². The van der Waals surface area contributed by atoms with Gasteiger partial charge < -0.3 is 20.5 Å².